The van der Waals surface area contributed by atoms with Gasteiger partial charge in [-0.1, -0.05) is 13.8 Å². The van der Waals surface area contributed by atoms with Crippen LogP contribution in [0.4, 0.5) is 0 Å². The Kier molecular flexibility index (Phi) is 5.77. The molecule has 4 heteroatoms. The predicted molar refractivity (Wildman–Crippen MR) is 66.1 cm³/mol. The highest BCUT2D eigenvalue weighted by Crippen LogP contribution is 2.10. The van der Waals surface area contributed by atoms with Crippen LogP contribution >= 0.6 is 0 Å². The normalized spacial score (nSPS) is 24.1. The molecule has 0 radical (unpaired) electrons. The molecule has 1 saturated heterocycles. The minimum Gasteiger partial charge on any atom is -0.352 e. The van der Waals surface area contributed by atoms with E-state index in [9.17, 15) is 4.79 Å². The minimum absolute atomic E-state index is 0.0435. The molecule has 0 aromatic carbocycles. The summed E-state index contributed by atoms with van der Waals surface area (Å²) >= 11 is 0. The first-order valence-electron chi connectivity index (χ1n) is 6.40. The highest BCUT2D eigenvalue weighted by Gasteiger charge is 2.22. The summed E-state index contributed by atoms with van der Waals surface area (Å²) in [5.74, 6) is 0.204. The number of carbonyl (C=O) groups excluding carboxylic acids is 1. The fourth-order valence-electron chi connectivity index (χ4n) is 2.19. The number of likely N-dealkylation sites (tertiary alicyclic amines) is 1. The third-order valence-electron chi connectivity index (χ3n) is 3.35. The van der Waals surface area contributed by atoms with Crippen molar-refractivity contribution in [3.05, 3.63) is 0 Å². The molecule has 0 aromatic rings. The van der Waals surface area contributed by atoms with Gasteiger partial charge in [-0.2, -0.15) is 0 Å². The Morgan fingerprint density at radius 2 is 2.38 bits per heavy atom. The van der Waals surface area contributed by atoms with E-state index in [0.29, 0.717) is 12.6 Å². The van der Waals surface area contributed by atoms with Crippen molar-refractivity contribution >= 4 is 5.91 Å². The maximum atomic E-state index is 11.8. The molecular formula is C12H25N3O. The van der Waals surface area contributed by atoms with Crippen LogP contribution < -0.4 is 11.1 Å². The predicted octanol–water partition coefficient (Wildman–Crippen LogP) is 0.572. The molecule has 0 bridgehead atoms. The molecule has 0 spiro atoms. The molecule has 2 unspecified atom stereocenters. The number of nitrogens with one attached hydrogen (secondary N) is 1. The second-order valence-electron chi connectivity index (χ2n) is 4.72. The summed E-state index contributed by atoms with van der Waals surface area (Å²) in [6, 6.07) is 0.335. The molecule has 0 aliphatic carbocycles. The Hall–Kier alpha value is -0.610. The molecule has 1 amide bonds. The van der Waals surface area contributed by atoms with Crippen molar-refractivity contribution in [2.45, 2.75) is 39.2 Å². The molecule has 0 aromatic heterocycles. The molecular weight excluding hydrogens is 202 g/mol. The summed E-state index contributed by atoms with van der Waals surface area (Å²) in [7, 11) is 0. The first kappa shape index (κ1) is 13.5. The molecule has 1 aliphatic rings. The van der Waals surface area contributed by atoms with Gasteiger partial charge >= 0.3 is 0 Å². The lowest BCUT2D eigenvalue weighted by Crippen LogP contribution is -2.48. The van der Waals surface area contributed by atoms with Crippen molar-refractivity contribution in [2.24, 2.45) is 11.7 Å². The number of carbonyl (C=O) groups is 1. The van der Waals surface area contributed by atoms with Crippen LogP contribution in [-0.4, -0.2) is 43.0 Å². The quantitative estimate of drug-likeness (QED) is 0.722. The van der Waals surface area contributed by atoms with Gasteiger partial charge in [0.2, 0.25) is 5.91 Å². The van der Waals surface area contributed by atoms with Crippen LogP contribution in [0.3, 0.4) is 0 Å². The van der Waals surface area contributed by atoms with Crippen LogP contribution in [0.25, 0.3) is 0 Å². The molecule has 1 aliphatic heterocycles. The number of amides is 1. The third kappa shape index (κ3) is 4.10. The number of hydrogen-bond acceptors (Lipinski definition) is 3. The molecule has 2 atom stereocenters. The van der Waals surface area contributed by atoms with Crippen molar-refractivity contribution in [3.63, 3.8) is 0 Å². The molecule has 16 heavy (non-hydrogen) atoms. The van der Waals surface area contributed by atoms with Crippen LogP contribution in [-0.2, 0) is 4.79 Å². The van der Waals surface area contributed by atoms with Crippen molar-refractivity contribution in [2.75, 3.05) is 26.2 Å². The highest BCUT2D eigenvalue weighted by molar-refractivity contribution is 5.78. The number of nitrogens with two attached hydrogens (primary N) is 1. The Bertz CT molecular complexity index is 220. The summed E-state index contributed by atoms with van der Waals surface area (Å²) in [5, 5.41) is 3.13. The second kappa shape index (κ2) is 6.86. The van der Waals surface area contributed by atoms with E-state index in [2.05, 4.69) is 17.1 Å². The van der Waals surface area contributed by atoms with Crippen molar-refractivity contribution in [1.82, 2.24) is 10.2 Å². The monoisotopic (exact) mass is 227 g/mol. The zero-order valence-electron chi connectivity index (χ0n) is 10.5. The lowest BCUT2D eigenvalue weighted by atomic mass is 10.0. The summed E-state index contributed by atoms with van der Waals surface area (Å²) in [6.07, 6.45) is 3.07. The van der Waals surface area contributed by atoms with Crippen LogP contribution in [0.5, 0.6) is 0 Å². The molecule has 1 heterocycles. The fourth-order valence-corrected chi connectivity index (χ4v) is 2.19. The SMILES string of the molecule is CCN1CCCC(NC(=O)C(C)CCN)C1. The van der Waals surface area contributed by atoms with Crippen molar-refractivity contribution in [3.8, 4) is 0 Å². The minimum atomic E-state index is 0.0435. The van der Waals surface area contributed by atoms with Gasteiger partial charge in [-0.25, -0.2) is 0 Å². The van der Waals surface area contributed by atoms with Crippen LogP contribution in [0, 0.1) is 5.92 Å². The van der Waals surface area contributed by atoms with Gasteiger partial charge in [0.25, 0.3) is 0 Å². The molecule has 94 valence electrons. The van der Waals surface area contributed by atoms with Gasteiger partial charge in [0.1, 0.15) is 0 Å². The maximum Gasteiger partial charge on any atom is 0.223 e. The first-order chi connectivity index (χ1) is 7.67. The average molecular weight is 227 g/mol. The summed E-state index contributed by atoms with van der Waals surface area (Å²) < 4.78 is 0. The van der Waals surface area contributed by atoms with E-state index in [4.69, 9.17) is 5.73 Å². The molecule has 0 saturated carbocycles. The Morgan fingerprint density at radius 3 is 3.00 bits per heavy atom. The lowest BCUT2D eigenvalue weighted by Gasteiger charge is -2.32. The topological polar surface area (TPSA) is 58.4 Å². The zero-order chi connectivity index (χ0) is 12.0. The molecule has 1 rings (SSSR count). The van der Waals surface area contributed by atoms with Gasteiger partial charge in [-0.15, -0.1) is 0 Å². The van der Waals surface area contributed by atoms with E-state index < -0.39 is 0 Å². The molecule has 3 N–H and O–H groups in total. The van der Waals surface area contributed by atoms with E-state index in [1.54, 1.807) is 0 Å². The smallest absolute Gasteiger partial charge is 0.223 e. The second-order valence-corrected chi connectivity index (χ2v) is 4.72. The van der Waals surface area contributed by atoms with Gasteiger partial charge < -0.3 is 16.0 Å². The van der Waals surface area contributed by atoms with E-state index in [1.807, 2.05) is 6.92 Å². The zero-order valence-corrected chi connectivity index (χ0v) is 10.5. The van der Waals surface area contributed by atoms with Gasteiger partial charge in [0, 0.05) is 18.5 Å². The van der Waals surface area contributed by atoms with E-state index in [1.165, 1.54) is 13.0 Å². The first-order valence-corrected chi connectivity index (χ1v) is 6.40. The Morgan fingerprint density at radius 1 is 1.62 bits per heavy atom. The number of hydrogen-bond donors (Lipinski definition) is 2. The molecule has 1 fully saturated rings. The van der Waals surface area contributed by atoms with E-state index in [-0.39, 0.29) is 11.8 Å². The maximum absolute atomic E-state index is 11.8. The fraction of sp³-hybridized carbons (Fsp3) is 0.917. The number of nitrogens with zero attached hydrogens (tertiary/aromatic N) is 1. The average Bonchev–Trinajstić information content (AvgIpc) is 2.29. The number of likely N-dealkylation sites (N-methyl/N-ethyl adjacent to an activating group) is 1. The van der Waals surface area contributed by atoms with E-state index in [0.717, 1.165) is 25.9 Å². The van der Waals surface area contributed by atoms with Gasteiger partial charge in [0.15, 0.2) is 0 Å². The van der Waals surface area contributed by atoms with Crippen LogP contribution in [0.1, 0.15) is 33.1 Å². The highest BCUT2D eigenvalue weighted by atomic mass is 16.1. The standard InChI is InChI=1S/C12H25N3O/c1-3-15-8-4-5-11(9-15)14-12(16)10(2)6-7-13/h10-11H,3-9,13H2,1-2H3,(H,14,16). The van der Waals surface area contributed by atoms with Crippen molar-refractivity contribution in [1.29, 1.82) is 0 Å². The van der Waals surface area contributed by atoms with Gasteiger partial charge in [0.05, 0.1) is 0 Å². The van der Waals surface area contributed by atoms with E-state index >= 15 is 0 Å². The summed E-state index contributed by atoms with van der Waals surface area (Å²) in [5.41, 5.74) is 5.46. The number of piperidine rings is 1. The largest absolute Gasteiger partial charge is 0.352 e. The molecule has 4 nitrogen and oxygen atoms in total. The Balaban J connectivity index is 2.32. The van der Waals surface area contributed by atoms with Crippen molar-refractivity contribution < 1.29 is 4.79 Å². The third-order valence-corrected chi connectivity index (χ3v) is 3.35. The lowest BCUT2D eigenvalue weighted by molar-refractivity contribution is -0.125. The Labute approximate surface area is 98.6 Å². The van der Waals surface area contributed by atoms with Gasteiger partial charge in [-0.3, -0.25) is 4.79 Å². The van der Waals surface area contributed by atoms with Crippen LogP contribution in [0.15, 0.2) is 0 Å². The van der Waals surface area contributed by atoms with Gasteiger partial charge in [-0.05, 0) is 38.9 Å². The summed E-state index contributed by atoms with van der Waals surface area (Å²) in [6.45, 7) is 7.94. The number of rotatable bonds is 5. The summed E-state index contributed by atoms with van der Waals surface area (Å²) in [4.78, 5) is 14.2. The van der Waals surface area contributed by atoms with Crippen LogP contribution in [0.2, 0.25) is 0 Å².